The Balaban J connectivity index is 1.36. The first kappa shape index (κ1) is 18.6. The third-order valence-corrected chi connectivity index (χ3v) is 6.28. The maximum Gasteiger partial charge on any atom is 0.317 e. The van der Waals surface area contributed by atoms with Gasteiger partial charge in [0.15, 0.2) is 0 Å². The fourth-order valence-corrected chi connectivity index (χ4v) is 4.83. The summed E-state index contributed by atoms with van der Waals surface area (Å²) in [5, 5.41) is 3.30. The third kappa shape index (κ3) is 4.38. The van der Waals surface area contributed by atoms with Gasteiger partial charge in [-0.1, -0.05) is 18.6 Å². The number of piperidine rings is 2. The van der Waals surface area contributed by atoms with E-state index in [2.05, 4.69) is 22.3 Å². The Labute approximate surface area is 161 Å². The topological polar surface area (TPSA) is 54.0 Å². The van der Waals surface area contributed by atoms with Crippen LogP contribution in [0.5, 0.6) is 5.75 Å². The summed E-state index contributed by atoms with van der Waals surface area (Å²) < 4.78 is 10.6. The lowest BCUT2D eigenvalue weighted by molar-refractivity contribution is 0.0160. The normalized spacial score (nSPS) is 28.6. The summed E-state index contributed by atoms with van der Waals surface area (Å²) in [6, 6.07) is 9.93. The van der Waals surface area contributed by atoms with Crippen LogP contribution in [0.3, 0.4) is 0 Å². The number of fused-ring (bicyclic) bond motifs is 2. The fourth-order valence-electron chi connectivity index (χ4n) is 4.83. The lowest BCUT2D eigenvalue weighted by Gasteiger charge is -2.49. The monoisotopic (exact) mass is 373 g/mol. The van der Waals surface area contributed by atoms with E-state index in [1.54, 1.807) is 7.11 Å². The van der Waals surface area contributed by atoms with Crippen molar-refractivity contribution in [2.75, 3.05) is 33.4 Å². The van der Waals surface area contributed by atoms with E-state index in [9.17, 15) is 4.79 Å². The van der Waals surface area contributed by atoms with Gasteiger partial charge in [0.25, 0.3) is 0 Å². The molecule has 0 spiro atoms. The Morgan fingerprint density at radius 2 is 1.81 bits per heavy atom. The number of carbonyl (C=O) groups excluding carboxylic acids is 1. The molecule has 3 fully saturated rings. The predicted molar refractivity (Wildman–Crippen MR) is 104 cm³/mol. The van der Waals surface area contributed by atoms with Crippen LogP contribution >= 0.6 is 0 Å². The summed E-state index contributed by atoms with van der Waals surface area (Å²) in [7, 11) is 1.70. The molecule has 148 valence electrons. The SMILES string of the molecule is COc1ccc(CN2[C@@H]3CCC[C@H]2CC(NC(=O)N2CCOCC2)C3)cc1. The van der Waals surface area contributed by atoms with Gasteiger partial charge in [0.05, 0.1) is 20.3 Å². The number of rotatable bonds is 4. The van der Waals surface area contributed by atoms with E-state index in [1.807, 2.05) is 17.0 Å². The number of amides is 2. The van der Waals surface area contributed by atoms with Gasteiger partial charge in [-0.25, -0.2) is 4.79 Å². The highest BCUT2D eigenvalue weighted by molar-refractivity contribution is 5.74. The molecule has 27 heavy (non-hydrogen) atoms. The van der Waals surface area contributed by atoms with E-state index < -0.39 is 0 Å². The molecule has 3 heterocycles. The molecule has 3 aliphatic rings. The predicted octanol–water partition coefficient (Wildman–Crippen LogP) is 2.62. The van der Waals surface area contributed by atoms with Crippen molar-refractivity contribution in [3.05, 3.63) is 29.8 Å². The lowest BCUT2D eigenvalue weighted by atomic mass is 9.81. The Hall–Kier alpha value is -1.79. The average molecular weight is 373 g/mol. The van der Waals surface area contributed by atoms with E-state index >= 15 is 0 Å². The van der Waals surface area contributed by atoms with Gasteiger partial charge in [-0.3, -0.25) is 4.90 Å². The van der Waals surface area contributed by atoms with Crippen molar-refractivity contribution in [1.82, 2.24) is 15.1 Å². The van der Waals surface area contributed by atoms with Crippen molar-refractivity contribution < 1.29 is 14.3 Å². The summed E-state index contributed by atoms with van der Waals surface area (Å²) in [5.74, 6) is 0.906. The molecule has 0 radical (unpaired) electrons. The first-order valence-corrected chi connectivity index (χ1v) is 10.2. The summed E-state index contributed by atoms with van der Waals surface area (Å²) in [4.78, 5) is 17.1. The first-order valence-electron chi connectivity index (χ1n) is 10.2. The molecule has 3 saturated heterocycles. The highest BCUT2D eigenvalue weighted by Crippen LogP contribution is 2.35. The molecule has 1 aromatic rings. The van der Waals surface area contributed by atoms with Gasteiger partial charge in [0.2, 0.25) is 0 Å². The number of urea groups is 1. The lowest BCUT2D eigenvalue weighted by Crippen LogP contribution is -2.58. The van der Waals surface area contributed by atoms with Crippen LogP contribution in [0.2, 0.25) is 0 Å². The van der Waals surface area contributed by atoms with Crippen molar-refractivity contribution in [2.45, 2.75) is 56.8 Å². The first-order chi connectivity index (χ1) is 13.2. The number of carbonyl (C=O) groups is 1. The van der Waals surface area contributed by atoms with Crippen molar-refractivity contribution >= 4 is 6.03 Å². The molecule has 2 bridgehead atoms. The summed E-state index contributed by atoms with van der Waals surface area (Å²) in [6.07, 6.45) is 5.89. The zero-order chi connectivity index (χ0) is 18.6. The van der Waals surface area contributed by atoms with Gasteiger partial charge >= 0.3 is 6.03 Å². The van der Waals surface area contributed by atoms with Gasteiger partial charge in [0, 0.05) is 37.8 Å². The highest BCUT2D eigenvalue weighted by atomic mass is 16.5. The largest absolute Gasteiger partial charge is 0.497 e. The fraction of sp³-hybridized carbons (Fsp3) is 0.667. The Morgan fingerprint density at radius 1 is 1.15 bits per heavy atom. The molecule has 3 aliphatic heterocycles. The highest BCUT2D eigenvalue weighted by Gasteiger charge is 2.39. The van der Waals surface area contributed by atoms with Crippen molar-refractivity contribution in [3.63, 3.8) is 0 Å². The molecule has 3 atom stereocenters. The second-order valence-electron chi connectivity index (χ2n) is 7.98. The van der Waals surface area contributed by atoms with Crippen LogP contribution in [-0.4, -0.2) is 67.4 Å². The molecule has 0 saturated carbocycles. The average Bonchev–Trinajstić information content (AvgIpc) is 2.70. The summed E-state index contributed by atoms with van der Waals surface area (Å²) in [5.41, 5.74) is 1.34. The molecular formula is C21H31N3O3. The molecule has 1 unspecified atom stereocenters. The van der Waals surface area contributed by atoms with Crippen molar-refractivity contribution in [1.29, 1.82) is 0 Å². The van der Waals surface area contributed by atoms with Crippen LogP contribution in [0.25, 0.3) is 0 Å². The summed E-state index contributed by atoms with van der Waals surface area (Å²) >= 11 is 0. The van der Waals surface area contributed by atoms with E-state index in [0.717, 1.165) is 25.1 Å². The number of hydrogen-bond donors (Lipinski definition) is 1. The number of ether oxygens (including phenoxy) is 2. The van der Waals surface area contributed by atoms with Gasteiger partial charge in [-0.15, -0.1) is 0 Å². The molecule has 2 amide bonds. The zero-order valence-corrected chi connectivity index (χ0v) is 16.2. The molecule has 0 aromatic heterocycles. The van der Waals surface area contributed by atoms with E-state index in [-0.39, 0.29) is 6.03 Å². The molecule has 6 heteroatoms. The van der Waals surface area contributed by atoms with E-state index in [1.165, 1.54) is 24.8 Å². The van der Waals surface area contributed by atoms with E-state index in [4.69, 9.17) is 9.47 Å². The number of benzene rings is 1. The number of hydrogen-bond acceptors (Lipinski definition) is 4. The van der Waals surface area contributed by atoms with Crippen LogP contribution in [0.1, 0.15) is 37.7 Å². The second-order valence-corrected chi connectivity index (χ2v) is 7.98. The maximum atomic E-state index is 12.6. The van der Waals surface area contributed by atoms with Gasteiger partial charge in [0.1, 0.15) is 5.75 Å². The molecule has 1 aromatic carbocycles. The van der Waals surface area contributed by atoms with Crippen LogP contribution in [0.4, 0.5) is 4.79 Å². The maximum absolute atomic E-state index is 12.6. The quantitative estimate of drug-likeness (QED) is 0.882. The van der Waals surface area contributed by atoms with Crippen LogP contribution < -0.4 is 10.1 Å². The number of nitrogens with zero attached hydrogens (tertiary/aromatic N) is 2. The number of morpholine rings is 1. The van der Waals surface area contributed by atoms with Gasteiger partial charge < -0.3 is 19.7 Å². The number of nitrogens with one attached hydrogen (secondary N) is 1. The Bertz CT molecular complexity index is 616. The van der Waals surface area contributed by atoms with Crippen LogP contribution in [0, 0.1) is 0 Å². The minimum Gasteiger partial charge on any atom is -0.497 e. The number of methoxy groups -OCH3 is 1. The summed E-state index contributed by atoms with van der Waals surface area (Å²) in [6.45, 7) is 3.70. The standard InChI is InChI=1S/C21H31N3O3/c1-26-20-7-5-16(6-8-20)15-24-18-3-2-4-19(24)14-17(13-18)22-21(25)23-9-11-27-12-10-23/h5-8,17-19H,2-4,9-15H2,1H3,(H,22,25)/t17?,18-,19+. The smallest absolute Gasteiger partial charge is 0.317 e. The Morgan fingerprint density at radius 3 is 2.44 bits per heavy atom. The zero-order valence-electron chi connectivity index (χ0n) is 16.2. The minimum atomic E-state index is 0.0879. The Kier molecular flexibility index (Phi) is 5.83. The molecule has 0 aliphatic carbocycles. The van der Waals surface area contributed by atoms with Crippen molar-refractivity contribution in [3.8, 4) is 5.75 Å². The molecule has 1 N–H and O–H groups in total. The minimum absolute atomic E-state index is 0.0879. The van der Waals surface area contributed by atoms with Gasteiger partial charge in [-0.2, -0.15) is 0 Å². The molecule has 4 rings (SSSR count). The third-order valence-electron chi connectivity index (χ3n) is 6.28. The molecule has 6 nitrogen and oxygen atoms in total. The van der Waals surface area contributed by atoms with Crippen molar-refractivity contribution in [2.24, 2.45) is 0 Å². The second kappa shape index (κ2) is 8.48. The van der Waals surface area contributed by atoms with Gasteiger partial charge in [-0.05, 0) is 43.4 Å². The van der Waals surface area contributed by atoms with Crippen LogP contribution in [0.15, 0.2) is 24.3 Å². The van der Waals surface area contributed by atoms with Crippen LogP contribution in [-0.2, 0) is 11.3 Å². The van der Waals surface area contributed by atoms with E-state index in [0.29, 0.717) is 44.4 Å². The molecular weight excluding hydrogens is 342 g/mol.